The molecule has 1 aliphatic rings. The molecule has 0 amide bonds. The van der Waals surface area contributed by atoms with Gasteiger partial charge in [0, 0.05) is 32.3 Å². The van der Waals surface area contributed by atoms with Crippen molar-refractivity contribution in [2.75, 3.05) is 26.2 Å². The molecule has 3 heteroatoms. The number of aliphatic hydroxyl groups excluding tert-OH is 1. The topological polar surface area (TPSA) is 49.5 Å². The molecule has 0 saturated heterocycles. The molecule has 1 aliphatic heterocycles. The van der Waals surface area contributed by atoms with Crippen molar-refractivity contribution in [2.24, 2.45) is 5.73 Å². The van der Waals surface area contributed by atoms with E-state index in [-0.39, 0.29) is 6.61 Å². The smallest absolute Gasteiger partial charge is 0.0443 e. The number of aliphatic hydroxyl groups is 1. The van der Waals surface area contributed by atoms with Gasteiger partial charge < -0.3 is 10.8 Å². The van der Waals surface area contributed by atoms with Gasteiger partial charge in [-0.1, -0.05) is 12.2 Å². The van der Waals surface area contributed by atoms with Gasteiger partial charge in [0.1, 0.15) is 0 Å². The Hall–Kier alpha value is -0.380. The van der Waals surface area contributed by atoms with Gasteiger partial charge in [0.05, 0.1) is 0 Å². The first kappa shape index (κ1) is 9.71. The van der Waals surface area contributed by atoms with E-state index in [0.29, 0.717) is 12.6 Å². The molecule has 3 N–H and O–H groups in total. The van der Waals surface area contributed by atoms with Crippen molar-refractivity contribution in [3.8, 4) is 0 Å². The predicted molar refractivity (Wildman–Crippen MR) is 49.9 cm³/mol. The molecule has 0 bridgehead atoms. The van der Waals surface area contributed by atoms with E-state index in [1.807, 2.05) is 0 Å². The van der Waals surface area contributed by atoms with E-state index in [9.17, 15) is 0 Å². The van der Waals surface area contributed by atoms with Crippen molar-refractivity contribution in [1.29, 1.82) is 0 Å². The summed E-state index contributed by atoms with van der Waals surface area (Å²) in [7, 11) is 0. The van der Waals surface area contributed by atoms with Crippen LogP contribution in [-0.2, 0) is 0 Å². The van der Waals surface area contributed by atoms with Gasteiger partial charge in [0.2, 0.25) is 0 Å². The molecule has 0 aromatic heterocycles. The van der Waals surface area contributed by atoms with E-state index >= 15 is 0 Å². The van der Waals surface area contributed by atoms with Crippen molar-refractivity contribution in [2.45, 2.75) is 18.9 Å². The molecule has 12 heavy (non-hydrogen) atoms. The molecular weight excluding hydrogens is 152 g/mol. The van der Waals surface area contributed by atoms with Crippen LogP contribution in [0.15, 0.2) is 12.2 Å². The van der Waals surface area contributed by atoms with Crippen molar-refractivity contribution >= 4 is 0 Å². The van der Waals surface area contributed by atoms with E-state index in [4.69, 9.17) is 10.8 Å². The fraction of sp³-hybridized carbons (Fsp3) is 0.778. The Morgan fingerprint density at radius 2 is 2.42 bits per heavy atom. The summed E-state index contributed by atoms with van der Waals surface area (Å²) < 4.78 is 0. The Balaban J connectivity index is 2.34. The van der Waals surface area contributed by atoms with Crippen LogP contribution < -0.4 is 5.73 Å². The van der Waals surface area contributed by atoms with E-state index < -0.39 is 0 Å². The van der Waals surface area contributed by atoms with E-state index in [2.05, 4.69) is 17.1 Å². The van der Waals surface area contributed by atoms with Gasteiger partial charge in [0.15, 0.2) is 0 Å². The van der Waals surface area contributed by atoms with Gasteiger partial charge >= 0.3 is 0 Å². The van der Waals surface area contributed by atoms with Crippen LogP contribution in [0.5, 0.6) is 0 Å². The zero-order valence-corrected chi connectivity index (χ0v) is 7.45. The summed E-state index contributed by atoms with van der Waals surface area (Å²) in [6.45, 7) is 3.00. The summed E-state index contributed by atoms with van der Waals surface area (Å²) in [5, 5.41) is 8.68. The van der Waals surface area contributed by atoms with Crippen molar-refractivity contribution in [1.82, 2.24) is 4.90 Å². The Kier molecular flexibility index (Phi) is 4.29. The van der Waals surface area contributed by atoms with Gasteiger partial charge in [0.25, 0.3) is 0 Å². The highest BCUT2D eigenvalue weighted by Crippen LogP contribution is 2.08. The lowest BCUT2D eigenvalue weighted by molar-refractivity contribution is 0.196. The Morgan fingerprint density at radius 3 is 3.08 bits per heavy atom. The molecule has 1 heterocycles. The second-order valence-corrected chi connectivity index (χ2v) is 3.13. The lowest BCUT2D eigenvalue weighted by Crippen LogP contribution is -2.42. The summed E-state index contributed by atoms with van der Waals surface area (Å²) in [5.41, 5.74) is 5.61. The highest BCUT2D eigenvalue weighted by atomic mass is 16.3. The molecule has 0 aromatic carbocycles. The quantitative estimate of drug-likeness (QED) is 0.582. The van der Waals surface area contributed by atoms with E-state index in [1.165, 1.54) is 0 Å². The van der Waals surface area contributed by atoms with Crippen molar-refractivity contribution < 1.29 is 5.11 Å². The SMILES string of the molecule is NCC1C=CCCN1CCCO. The maximum atomic E-state index is 8.68. The molecule has 1 atom stereocenters. The summed E-state index contributed by atoms with van der Waals surface area (Å²) in [6, 6.07) is 0.394. The summed E-state index contributed by atoms with van der Waals surface area (Å²) >= 11 is 0. The first-order valence-electron chi connectivity index (χ1n) is 4.60. The molecule has 0 aromatic rings. The first-order chi connectivity index (χ1) is 5.88. The lowest BCUT2D eigenvalue weighted by atomic mass is 10.1. The molecule has 0 spiro atoms. The minimum atomic E-state index is 0.275. The molecule has 1 unspecified atom stereocenters. The van der Waals surface area contributed by atoms with Crippen molar-refractivity contribution in [3.63, 3.8) is 0 Å². The number of hydrogen-bond acceptors (Lipinski definition) is 3. The summed E-state index contributed by atoms with van der Waals surface area (Å²) in [6.07, 6.45) is 6.32. The molecule has 0 fully saturated rings. The predicted octanol–water partition coefficient (Wildman–Crippen LogP) is -0.0420. The summed E-state index contributed by atoms with van der Waals surface area (Å²) in [4.78, 5) is 2.33. The van der Waals surface area contributed by atoms with Crippen molar-refractivity contribution in [3.05, 3.63) is 12.2 Å². The molecule has 0 saturated carbocycles. The second-order valence-electron chi connectivity index (χ2n) is 3.13. The van der Waals surface area contributed by atoms with Crippen LogP contribution in [0.1, 0.15) is 12.8 Å². The van der Waals surface area contributed by atoms with E-state index in [1.54, 1.807) is 0 Å². The van der Waals surface area contributed by atoms with Crippen LogP contribution in [0.2, 0.25) is 0 Å². The number of rotatable bonds is 4. The Labute approximate surface area is 73.9 Å². The molecule has 70 valence electrons. The van der Waals surface area contributed by atoms with Crippen LogP contribution in [-0.4, -0.2) is 42.3 Å². The van der Waals surface area contributed by atoms with Crippen LogP contribution >= 0.6 is 0 Å². The zero-order chi connectivity index (χ0) is 8.81. The van der Waals surface area contributed by atoms with E-state index in [0.717, 1.165) is 25.9 Å². The number of nitrogens with zero attached hydrogens (tertiary/aromatic N) is 1. The van der Waals surface area contributed by atoms with Gasteiger partial charge in [-0.15, -0.1) is 0 Å². The molecule has 1 rings (SSSR count). The minimum Gasteiger partial charge on any atom is -0.396 e. The Bertz CT molecular complexity index is 147. The third-order valence-electron chi connectivity index (χ3n) is 2.26. The minimum absolute atomic E-state index is 0.275. The number of hydrogen-bond donors (Lipinski definition) is 2. The average molecular weight is 170 g/mol. The van der Waals surface area contributed by atoms with Gasteiger partial charge in [-0.2, -0.15) is 0 Å². The molecule has 3 nitrogen and oxygen atoms in total. The summed E-state index contributed by atoms with van der Waals surface area (Å²) in [5.74, 6) is 0. The average Bonchev–Trinajstić information content (AvgIpc) is 2.15. The first-order valence-corrected chi connectivity index (χ1v) is 4.60. The maximum absolute atomic E-state index is 8.68. The second kappa shape index (κ2) is 5.30. The highest BCUT2D eigenvalue weighted by Gasteiger charge is 2.15. The fourth-order valence-electron chi connectivity index (χ4n) is 1.56. The standard InChI is InChI=1S/C9H18N2O/c10-8-9-4-1-2-5-11(9)6-3-7-12/h1,4,9,12H,2-3,5-8,10H2. The van der Waals surface area contributed by atoms with Gasteiger partial charge in [-0.25, -0.2) is 0 Å². The van der Waals surface area contributed by atoms with Gasteiger partial charge in [-0.3, -0.25) is 4.90 Å². The molecule has 0 aliphatic carbocycles. The van der Waals surface area contributed by atoms with Crippen LogP contribution in [0, 0.1) is 0 Å². The van der Waals surface area contributed by atoms with Gasteiger partial charge in [-0.05, 0) is 12.8 Å². The lowest BCUT2D eigenvalue weighted by Gasteiger charge is -2.31. The third kappa shape index (κ3) is 2.59. The van der Waals surface area contributed by atoms with Crippen LogP contribution in [0.3, 0.4) is 0 Å². The highest BCUT2D eigenvalue weighted by molar-refractivity contribution is 4.99. The zero-order valence-electron chi connectivity index (χ0n) is 7.45. The molecular formula is C9H18N2O. The van der Waals surface area contributed by atoms with Crippen LogP contribution in [0.4, 0.5) is 0 Å². The van der Waals surface area contributed by atoms with Crippen LogP contribution in [0.25, 0.3) is 0 Å². The molecule has 0 radical (unpaired) electrons. The third-order valence-corrected chi connectivity index (χ3v) is 2.26. The Morgan fingerprint density at radius 1 is 1.58 bits per heavy atom. The largest absolute Gasteiger partial charge is 0.396 e. The normalized spacial score (nSPS) is 24.7. The monoisotopic (exact) mass is 170 g/mol. The number of nitrogens with two attached hydrogens (primary N) is 1. The fourth-order valence-corrected chi connectivity index (χ4v) is 1.56. The maximum Gasteiger partial charge on any atom is 0.0443 e.